The van der Waals surface area contributed by atoms with Crippen LogP contribution in [0.1, 0.15) is 31.9 Å². The van der Waals surface area contributed by atoms with Gasteiger partial charge in [0.1, 0.15) is 11.0 Å². The lowest BCUT2D eigenvalue weighted by molar-refractivity contribution is 0.584. The Bertz CT molecular complexity index is 618. The predicted molar refractivity (Wildman–Crippen MR) is 75.9 cm³/mol. The highest BCUT2D eigenvalue weighted by atomic mass is 35.5. The topological polar surface area (TPSA) is 25.8 Å². The smallest absolute Gasteiger partial charge is 0.163 e. The molecule has 100 valence electrons. The van der Waals surface area contributed by atoms with Crippen molar-refractivity contribution in [3.63, 3.8) is 0 Å². The maximum Gasteiger partial charge on any atom is 0.163 e. The fourth-order valence-electron chi connectivity index (χ4n) is 1.80. The van der Waals surface area contributed by atoms with Gasteiger partial charge in [-0.2, -0.15) is 0 Å². The maximum atomic E-state index is 13.8. The molecule has 19 heavy (non-hydrogen) atoms. The third kappa shape index (κ3) is 2.92. The average Bonchev–Trinajstić information content (AvgIpc) is 2.30. The summed E-state index contributed by atoms with van der Waals surface area (Å²) in [5.74, 6) is -0.0237. The van der Waals surface area contributed by atoms with Crippen molar-refractivity contribution in [3.8, 4) is 11.4 Å². The minimum atomic E-state index is -0.342. The highest BCUT2D eigenvalue weighted by molar-refractivity contribution is 6.30. The van der Waals surface area contributed by atoms with E-state index in [2.05, 4.69) is 9.97 Å². The molecule has 0 fully saturated rings. The van der Waals surface area contributed by atoms with Crippen LogP contribution >= 0.6 is 11.6 Å². The van der Waals surface area contributed by atoms with E-state index in [4.69, 9.17) is 11.6 Å². The van der Waals surface area contributed by atoms with Gasteiger partial charge < -0.3 is 0 Å². The zero-order valence-corrected chi connectivity index (χ0v) is 12.2. The van der Waals surface area contributed by atoms with Crippen LogP contribution < -0.4 is 0 Å². The summed E-state index contributed by atoms with van der Waals surface area (Å²) in [5.41, 5.74) is 2.05. The fourth-order valence-corrected chi connectivity index (χ4v) is 2.22. The van der Waals surface area contributed by atoms with Crippen molar-refractivity contribution < 1.29 is 4.39 Å². The molecule has 2 nitrogen and oxygen atoms in total. The molecule has 0 bridgehead atoms. The first kappa shape index (κ1) is 13.9. The Labute approximate surface area is 117 Å². The Kier molecular flexibility index (Phi) is 3.59. The molecule has 0 saturated carbocycles. The first-order valence-corrected chi connectivity index (χ1v) is 6.46. The summed E-state index contributed by atoms with van der Waals surface area (Å²) >= 11 is 6.18. The molecule has 1 heterocycles. The molecule has 1 aromatic carbocycles. The van der Waals surface area contributed by atoms with E-state index in [1.807, 2.05) is 27.7 Å². The van der Waals surface area contributed by atoms with Crippen molar-refractivity contribution in [2.24, 2.45) is 0 Å². The zero-order chi connectivity index (χ0) is 14.2. The summed E-state index contributed by atoms with van der Waals surface area (Å²) in [7, 11) is 0. The summed E-state index contributed by atoms with van der Waals surface area (Å²) in [6.45, 7) is 7.99. The highest BCUT2D eigenvalue weighted by Crippen LogP contribution is 2.29. The second-order valence-electron chi connectivity index (χ2n) is 5.63. The molecular formula is C15H16ClFN2. The van der Waals surface area contributed by atoms with E-state index in [0.717, 1.165) is 11.1 Å². The fraction of sp³-hybridized carbons (Fsp3) is 0.333. The Balaban J connectivity index is 2.54. The molecule has 0 atom stereocenters. The van der Waals surface area contributed by atoms with Gasteiger partial charge in [0.05, 0.1) is 5.56 Å². The van der Waals surface area contributed by atoms with Crippen LogP contribution in [0.2, 0.25) is 5.15 Å². The highest BCUT2D eigenvalue weighted by Gasteiger charge is 2.20. The van der Waals surface area contributed by atoms with E-state index in [-0.39, 0.29) is 11.2 Å². The molecule has 1 aromatic heterocycles. The molecule has 2 rings (SSSR count). The number of aryl methyl sites for hydroxylation is 1. The number of hydrogen-bond donors (Lipinski definition) is 0. The van der Waals surface area contributed by atoms with Gasteiger partial charge in [-0.05, 0) is 24.5 Å². The van der Waals surface area contributed by atoms with Gasteiger partial charge in [-0.25, -0.2) is 14.4 Å². The first-order chi connectivity index (χ1) is 8.79. The molecule has 0 unspecified atom stereocenters. The molecule has 0 spiro atoms. The third-order valence-corrected chi connectivity index (χ3v) is 3.20. The van der Waals surface area contributed by atoms with E-state index in [1.54, 1.807) is 18.3 Å². The van der Waals surface area contributed by atoms with Crippen LogP contribution in [-0.2, 0) is 5.41 Å². The van der Waals surface area contributed by atoms with Crippen molar-refractivity contribution in [2.45, 2.75) is 33.1 Å². The Morgan fingerprint density at radius 1 is 1.21 bits per heavy atom. The van der Waals surface area contributed by atoms with Crippen molar-refractivity contribution in [1.29, 1.82) is 0 Å². The number of benzene rings is 1. The van der Waals surface area contributed by atoms with E-state index < -0.39 is 0 Å². The van der Waals surface area contributed by atoms with Gasteiger partial charge >= 0.3 is 0 Å². The number of nitrogens with zero attached hydrogens (tertiary/aromatic N) is 2. The minimum Gasteiger partial charge on any atom is -0.236 e. The van der Waals surface area contributed by atoms with E-state index in [0.29, 0.717) is 16.5 Å². The van der Waals surface area contributed by atoms with Gasteiger partial charge in [0.15, 0.2) is 5.82 Å². The standard InChI is InChI=1S/C15H16ClFN2/c1-9-5-6-12(17)10(7-9)14-18-8-11(13(16)19-14)15(2,3)4/h5-8H,1-4H3. The van der Waals surface area contributed by atoms with Crippen LogP contribution in [-0.4, -0.2) is 9.97 Å². The molecule has 0 radical (unpaired) electrons. The minimum absolute atomic E-state index is 0.138. The lowest BCUT2D eigenvalue weighted by atomic mass is 9.89. The molecule has 0 N–H and O–H groups in total. The van der Waals surface area contributed by atoms with Crippen LogP contribution in [0.4, 0.5) is 4.39 Å². The van der Waals surface area contributed by atoms with E-state index in [9.17, 15) is 4.39 Å². The molecule has 2 aromatic rings. The number of hydrogen-bond acceptors (Lipinski definition) is 2. The normalized spacial score (nSPS) is 11.7. The van der Waals surface area contributed by atoms with Crippen molar-refractivity contribution in [3.05, 3.63) is 46.5 Å². The van der Waals surface area contributed by atoms with Gasteiger partial charge in [-0.3, -0.25) is 0 Å². The van der Waals surface area contributed by atoms with Gasteiger partial charge in [-0.1, -0.05) is 44.0 Å². The second kappa shape index (κ2) is 4.89. The van der Waals surface area contributed by atoms with Crippen LogP contribution in [0.25, 0.3) is 11.4 Å². The SMILES string of the molecule is Cc1ccc(F)c(-c2ncc(C(C)(C)C)c(Cl)n2)c1. The summed E-state index contributed by atoms with van der Waals surface area (Å²) in [4.78, 5) is 8.47. The number of halogens is 2. The quantitative estimate of drug-likeness (QED) is 0.716. The van der Waals surface area contributed by atoms with Crippen LogP contribution in [0.15, 0.2) is 24.4 Å². The largest absolute Gasteiger partial charge is 0.236 e. The zero-order valence-electron chi connectivity index (χ0n) is 11.5. The molecule has 0 aliphatic heterocycles. The summed E-state index contributed by atoms with van der Waals surface area (Å²) < 4.78 is 13.8. The molecule has 4 heteroatoms. The third-order valence-electron chi connectivity index (χ3n) is 2.91. The molecule has 0 aliphatic carbocycles. The van der Waals surface area contributed by atoms with Gasteiger partial charge in [0, 0.05) is 11.8 Å². The lowest BCUT2D eigenvalue weighted by Gasteiger charge is -2.19. The number of rotatable bonds is 1. The summed E-state index contributed by atoms with van der Waals surface area (Å²) in [6.07, 6.45) is 1.67. The maximum absolute atomic E-state index is 13.8. The first-order valence-electron chi connectivity index (χ1n) is 6.08. The van der Waals surface area contributed by atoms with Crippen molar-refractivity contribution >= 4 is 11.6 Å². The molecule has 0 aliphatic rings. The molecular weight excluding hydrogens is 263 g/mol. The van der Waals surface area contributed by atoms with Crippen LogP contribution in [0.5, 0.6) is 0 Å². The Morgan fingerprint density at radius 3 is 2.47 bits per heavy atom. The number of aromatic nitrogens is 2. The molecule has 0 saturated heterocycles. The van der Waals surface area contributed by atoms with E-state index >= 15 is 0 Å². The van der Waals surface area contributed by atoms with Crippen molar-refractivity contribution in [1.82, 2.24) is 9.97 Å². The van der Waals surface area contributed by atoms with Crippen molar-refractivity contribution in [2.75, 3.05) is 0 Å². The average molecular weight is 279 g/mol. The van der Waals surface area contributed by atoms with Gasteiger partial charge in [0.25, 0.3) is 0 Å². The lowest BCUT2D eigenvalue weighted by Crippen LogP contribution is -2.13. The Morgan fingerprint density at radius 2 is 1.89 bits per heavy atom. The summed E-state index contributed by atoms with van der Waals surface area (Å²) in [6, 6.07) is 4.85. The van der Waals surface area contributed by atoms with E-state index in [1.165, 1.54) is 6.07 Å². The van der Waals surface area contributed by atoms with Gasteiger partial charge in [-0.15, -0.1) is 0 Å². The van der Waals surface area contributed by atoms with Gasteiger partial charge in [0.2, 0.25) is 0 Å². The predicted octanol–water partition coefficient (Wildman–Crippen LogP) is 4.54. The monoisotopic (exact) mass is 278 g/mol. The Hall–Kier alpha value is -1.48. The summed E-state index contributed by atoms with van der Waals surface area (Å²) in [5, 5.41) is 0.374. The second-order valence-corrected chi connectivity index (χ2v) is 5.99. The van der Waals surface area contributed by atoms with Crippen LogP contribution in [0.3, 0.4) is 0 Å². The van der Waals surface area contributed by atoms with Crippen LogP contribution in [0, 0.1) is 12.7 Å². The molecule has 0 amide bonds.